The summed E-state index contributed by atoms with van der Waals surface area (Å²) < 4.78 is 5.29. The first-order chi connectivity index (χ1) is 16.6. The topological polar surface area (TPSA) is 32.8 Å². The number of likely N-dealkylation sites (tertiary alicyclic amines) is 1. The van der Waals surface area contributed by atoms with Gasteiger partial charge in [-0.2, -0.15) is 0 Å². The van der Waals surface area contributed by atoms with Gasteiger partial charge in [0, 0.05) is 39.8 Å². The van der Waals surface area contributed by atoms with Crippen LogP contribution < -0.4 is 0 Å². The number of methoxy groups -OCH3 is 1. The molecular formula is C30H50N2O2. The number of ether oxygens (including phenoxy) is 1. The number of carbonyl (C=O) groups excluding carboxylic acids is 1. The Morgan fingerprint density at radius 3 is 2.53 bits per heavy atom. The van der Waals surface area contributed by atoms with Gasteiger partial charge in [-0.3, -0.25) is 4.79 Å². The predicted molar refractivity (Wildman–Crippen MR) is 142 cm³/mol. The van der Waals surface area contributed by atoms with E-state index in [1.807, 2.05) is 0 Å². The molecule has 4 nitrogen and oxygen atoms in total. The van der Waals surface area contributed by atoms with Crippen LogP contribution in [0.4, 0.5) is 0 Å². The lowest BCUT2D eigenvalue weighted by atomic mass is 9.78. The zero-order chi connectivity index (χ0) is 24.2. The average molecular weight is 471 g/mol. The highest BCUT2D eigenvalue weighted by Crippen LogP contribution is 2.36. The molecule has 0 spiro atoms. The molecule has 1 aromatic carbocycles. The van der Waals surface area contributed by atoms with Gasteiger partial charge in [-0.1, -0.05) is 68.9 Å². The van der Waals surface area contributed by atoms with Crippen LogP contribution in [0.2, 0.25) is 0 Å². The second-order valence-electron chi connectivity index (χ2n) is 11.3. The Hall–Kier alpha value is -1.39. The maximum absolute atomic E-state index is 13.5. The Kier molecular flexibility index (Phi) is 11.9. The Bertz CT molecular complexity index is 686. The van der Waals surface area contributed by atoms with Crippen molar-refractivity contribution in [2.24, 2.45) is 17.8 Å². The Morgan fingerprint density at radius 1 is 1.06 bits per heavy atom. The van der Waals surface area contributed by atoms with Gasteiger partial charge >= 0.3 is 0 Å². The fourth-order valence-corrected chi connectivity index (χ4v) is 6.56. The third-order valence-corrected chi connectivity index (χ3v) is 8.20. The van der Waals surface area contributed by atoms with Crippen molar-refractivity contribution in [3.8, 4) is 0 Å². The summed E-state index contributed by atoms with van der Waals surface area (Å²) in [5.74, 6) is 2.82. The molecule has 0 aromatic heterocycles. The lowest BCUT2D eigenvalue weighted by molar-refractivity contribution is -0.134. The van der Waals surface area contributed by atoms with Crippen LogP contribution >= 0.6 is 0 Å². The number of hydrogen-bond acceptors (Lipinski definition) is 3. The first-order valence-corrected chi connectivity index (χ1v) is 14.0. The monoisotopic (exact) mass is 470 g/mol. The molecule has 1 aliphatic heterocycles. The van der Waals surface area contributed by atoms with E-state index in [1.54, 1.807) is 7.11 Å². The minimum absolute atomic E-state index is 0.401. The fraction of sp³-hybridized carbons (Fsp3) is 0.767. The third-order valence-electron chi connectivity index (χ3n) is 8.20. The van der Waals surface area contributed by atoms with Crippen LogP contribution in [0.15, 0.2) is 30.3 Å². The summed E-state index contributed by atoms with van der Waals surface area (Å²) in [5, 5.41) is 0. The molecule has 1 aromatic rings. The molecule has 34 heavy (non-hydrogen) atoms. The van der Waals surface area contributed by atoms with E-state index in [-0.39, 0.29) is 0 Å². The van der Waals surface area contributed by atoms with Crippen LogP contribution in [-0.4, -0.2) is 63.2 Å². The summed E-state index contributed by atoms with van der Waals surface area (Å²) in [6.45, 7) is 3.75. The maximum atomic E-state index is 13.5. The van der Waals surface area contributed by atoms with Crippen molar-refractivity contribution in [3.63, 3.8) is 0 Å². The van der Waals surface area contributed by atoms with Crippen molar-refractivity contribution in [2.45, 2.75) is 83.0 Å². The first-order valence-electron chi connectivity index (χ1n) is 14.0. The number of nitrogens with zero attached hydrogens (tertiary/aromatic N) is 2. The van der Waals surface area contributed by atoms with Crippen LogP contribution in [0.3, 0.4) is 0 Å². The smallest absolute Gasteiger partial charge is 0.222 e. The van der Waals surface area contributed by atoms with E-state index in [4.69, 9.17) is 4.74 Å². The predicted octanol–water partition coefficient (Wildman–Crippen LogP) is 6.36. The molecule has 4 heteroatoms. The summed E-state index contributed by atoms with van der Waals surface area (Å²) >= 11 is 0. The standard InChI is InChI=1S/C30H50N2O2/c1-31(2)23-26(21-25-13-6-4-7-14-25)22-30(33)32-19-12-17-28(24-32)29(18-10-11-20-34-3)27-15-8-5-9-16-27/h5,8-9,15-16,25-26,28-29H,4,6-7,10-14,17-24H2,1-3H3/t26-,28-,29+/m1/s1. The van der Waals surface area contributed by atoms with E-state index >= 15 is 0 Å². The first kappa shape index (κ1) is 27.2. The van der Waals surface area contributed by atoms with Crippen LogP contribution in [0.5, 0.6) is 0 Å². The summed E-state index contributed by atoms with van der Waals surface area (Å²) in [6.07, 6.45) is 14.7. The normalized spacial score (nSPS) is 21.5. The number of amides is 1. The van der Waals surface area contributed by atoms with Gasteiger partial charge < -0.3 is 14.5 Å². The molecule has 0 radical (unpaired) electrons. The van der Waals surface area contributed by atoms with Gasteiger partial charge in [0.25, 0.3) is 0 Å². The number of rotatable bonds is 13. The van der Waals surface area contributed by atoms with Crippen molar-refractivity contribution < 1.29 is 9.53 Å². The summed E-state index contributed by atoms with van der Waals surface area (Å²) in [4.78, 5) is 18.0. The summed E-state index contributed by atoms with van der Waals surface area (Å²) in [6, 6.07) is 11.0. The Morgan fingerprint density at radius 2 is 1.82 bits per heavy atom. The quantitative estimate of drug-likeness (QED) is 0.314. The van der Waals surface area contributed by atoms with Gasteiger partial charge in [0.05, 0.1) is 0 Å². The second kappa shape index (κ2) is 14.9. The van der Waals surface area contributed by atoms with Gasteiger partial charge in [-0.25, -0.2) is 0 Å². The van der Waals surface area contributed by atoms with Gasteiger partial charge in [-0.15, -0.1) is 0 Å². The Labute approximate surface area is 209 Å². The van der Waals surface area contributed by atoms with E-state index < -0.39 is 0 Å². The molecule has 192 valence electrons. The molecule has 1 saturated carbocycles. The largest absolute Gasteiger partial charge is 0.385 e. The van der Waals surface area contributed by atoms with E-state index in [0.29, 0.717) is 23.7 Å². The minimum atomic E-state index is 0.401. The average Bonchev–Trinajstić information content (AvgIpc) is 2.85. The molecule has 3 rings (SSSR count). The van der Waals surface area contributed by atoms with E-state index in [2.05, 4.69) is 54.2 Å². The lowest BCUT2D eigenvalue weighted by Gasteiger charge is -2.38. The molecule has 1 aliphatic carbocycles. The van der Waals surface area contributed by atoms with E-state index in [1.165, 1.54) is 63.4 Å². The van der Waals surface area contributed by atoms with Crippen LogP contribution in [0.1, 0.15) is 88.5 Å². The van der Waals surface area contributed by atoms with Crippen LogP contribution in [-0.2, 0) is 9.53 Å². The summed E-state index contributed by atoms with van der Waals surface area (Å²) in [5.41, 5.74) is 1.45. The molecule has 1 heterocycles. The molecule has 2 aliphatic rings. The van der Waals surface area contributed by atoms with Crippen LogP contribution in [0.25, 0.3) is 0 Å². The number of hydrogen-bond donors (Lipinski definition) is 0. The highest BCUT2D eigenvalue weighted by molar-refractivity contribution is 5.76. The molecular weight excluding hydrogens is 420 g/mol. The number of benzene rings is 1. The third kappa shape index (κ3) is 9.00. The number of piperidine rings is 1. The maximum Gasteiger partial charge on any atom is 0.222 e. The zero-order valence-corrected chi connectivity index (χ0v) is 22.2. The van der Waals surface area contributed by atoms with E-state index in [0.717, 1.165) is 51.4 Å². The molecule has 0 bridgehead atoms. The highest BCUT2D eigenvalue weighted by atomic mass is 16.5. The minimum Gasteiger partial charge on any atom is -0.385 e. The molecule has 2 fully saturated rings. The lowest BCUT2D eigenvalue weighted by Crippen LogP contribution is -2.43. The molecule has 1 amide bonds. The fourth-order valence-electron chi connectivity index (χ4n) is 6.56. The Balaban J connectivity index is 1.61. The van der Waals surface area contributed by atoms with Crippen molar-refractivity contribution in [1.82, 2.24) is 9.80 Å². The van der Waals surface area contributed by atoms with Gasteiger partial charge in [-0.05, 0) is 75.4 Å². The number of carbonyl (C=O) groups is 1. The molecule has 0 unspecified atom stereocenters. The van der Waals surface area contributed by atoms with Crippen molar-refractivity contribution >= 4 is 5.91 Å². The van der Waals surface area contributed by atoms with Crippen molar-refractivity contribution in [1.29, 1.82) is 0 Å². The van der Waals surface area contributed by atoms with Crippen molar-refractivity contribution in [3.05, 3.63) is 35.9 Å². The SMILES string of the molecule is COCCCC[C@@H](c1ccccc1)[C@@H]1CCCN(C(=O)C[C@@H](CC2CCCCC2)CN(C)C)C1. The van der Waals surface area contributed by atoms with Gasteiger partial charge in [0.15, 0.2) is 0 Å². The van der Waals surface area contributed by atoms with Crippen molar-refractivity contribution in [2.75, 3.05) is 47.4 Å². The van der Waals surface area contributed by atoms with E-state index in [9.17, 15) is 4.79 Å². The summed E-state index contributed by atoms with van der Waals surface area (Å²) in [7, 11) is 6.10. The van der Waals surface area contributed by atoms with Gasteiger partial charge in [0.2, 0.25) is 5.91 Å². The van der Waals surface area contributed by atoms with Crippen LogP contribution in [0, 0.1) is 17.8 Å². The number of unbranched alkanes of at least 4 members (excludes halogenated alkanes) is 1. The highest BCUT2D eigenvalue weighted by Gasteiger charge is 2.31. The second-order valence-corrected chi connectivity index (χ2v) is 11.3. The molecule has 3 atom stereocenters. The zero-order valence-electron chi connectivity index (χ0n) is 22.2. The molecule has 1 saturated heterocycles. The molecule has 0 N–H and O–H groups in total. The van der Waals surface area contributed by atoms with Gasteiger partial charge in [0.1, 0.15) is 0 Å².